The first kappa shape index (κ1) is 16.2. The van der Waals surface area contributed by atoms with Gasteiger partial charge in [-0.25, -0.2) is 0 Å². The molecule has 5 nitrogen and oxygen atoms in total. The van der Waals surface area contributed by atoms with Crippen molar-refractivity contribution in [1.82, 2.24) is 19.6 Å². The molecule has 0 saturated heterocycles. The number of aromatic nitrogens is 2. The number of carbonyl (C=O) groups excluding carboxylic acids is 1. The lowest BCUT2D eigenvalue weighted by Crippen LogP contribution is -2.38. The van der Waals surface area contributed by atoms with Gasteiger partial charge in [0, 0.05) is 32.4 Å². The Kier molecular flexibility index (Phi) is 4.98. The van der Waals surface area contributed by atoms with Crippen molar-refractivity contribution in [1.29, 1.82) is 0 Å². The van der Waals surface area contributed by atoms with Crippen molar-refractivity contribution < 1.29 is 4.79 Å². The van der Waals surface area contributed by atoms with Gasteiger partial charge in [-0.1, -0.05) is 24.3 Å². The fourth-order valence-corrected chi connectivity index (χ4v) is 2.64. The van der Waals surface area contributed by atoms with E-state index in [4.69, 9.17) is 0 Å². The van der Waals surface area contributed by atoms with Crippen molar-refractivity contribution in [2.75, 3.05) is 21.1 Å². The topological polar surface area (TPSA) is 41.4 Å². The van der Waals surface area contributed by atoms with Gasteiger partial charge in [-0.15, -0.1) is 0 Å². The van der Waals surface area contributed by atoms with Crippen molar-refractivity contribution in [2.24, 2.45) is 7.05 Å². The molecule has 1 aromatic heterocycles. The molecule has 1 heterocycles. The predicted octanol–water partition coefficient (Wildman–Crippen LogP) is 1.99. The van der Waals surface area contributed by atoms with Crippen LogP contribution in [0.4, 0.5) is 0 Å². The highest BCUT2D eigenvalue weighted by Crippen LogP contribution is 2.24. The van der Waals surface area contributed by atoms with Crippen LogP contribution in [0, 0.1) is 6.92 Å². The molecule has 0 unspecified atom stereocenters. The van der Waals surface area contributed by atoms with E-state index in [9.17, 15) is 4.79 Å². The predicted molar refractivity (Wildman–Crippen MR) is 87.3 cm³/mol. The van der Waals surface area contributed by atoms with E-state index in [1.165, 1.54) is 0 Å². The molecule has 2 aromatic rings. The van der Waals surface area contributed by atoms with E-state index in [1.54, 1.807) is 15.8 Å². The maximum absolute atomic E-state index is 12.9. The highest BCUT2D eigenvalue weighted by molar-refractivity contribution is 5.83. The standard InChI is InChI=1S/C17H24N4O/c1-13-8-6-7-9-15(13)16(19(2)3)17(22)20(4)11-14-10-18-21(5)12-14/h6-10,12,16H,11H2,1-5H3/t16-/m0/s1. The van der Waals surface area contributed by atoms with Crippen LogP contribution in [0.3, 0.4) is 0 Å². The van der Waals surface area contributed by atoms with E-state index >= 15 is 0 Å². The molecule has 0 aliphatic rings. The molecule has 5 heteroatoms. The molecule has 118 valence electrons. The molecule has 1 amide bonds. The number of rotatable bonds is 5. The molecule has 2 rings (SSSR count). The molecule has 0 N–H and O–H groups in total. The molecular weight excluding hydrogens is 276 g/mol. The zero-order valence-electron chi connectivity index (χ0n) is 13.9. The second-order valence-electron chi connectivity index (χ2n) is 5.94. The highest BCUT2D eigenvalue weighted by Gasteiger charge is 2.27. The summed E-state index contributed by atoms with van der Waals surface area (Å²) in [5.74, 6) is 0.0863. The Morgan fingerprint density at radius 3 is 2.50 bits per heavy atom. The van der Waals surface area contributed by atoms with E-state index in [1.807, 2.05) is 70.5 Å². The Hall–Kier alpha value is -2.14. The average Bonchev–Trinajstić information content (AvgIpc) is 2.86. The van der Waals surface area contributed by atoms with Gasteiger partial charge in [-0.3, -0.25) is 14.4 Å². The maximum Gasteiger partial charge on any atom is 0.244 e. The Labute approximate surface area is 132 Å². The third kappa shape index (κ3) is 3.54. The quantitative estimate of drug-likeness (QED) is 0.848. The van der Waals surface area contributed by atoms with Gasteiger partial charge in [0.1, 0.15) is 6.04 Å². The van der Waals surface area contributed by atoms with Crippen LogP contribution in [-0.2, 0) is 18.4 Å². The van der Waals surface area contributed by atoms with Crippen molar-refractivity contribution in [3.63, 3.8) is 0 Å². The van der Waals surface area contributed by atoms with Gasteiger partial charge in [0.25, 0.3) is 0 Å². The van der Waals surface area contributed by atoms with E-state index < -0.39 is 0 Å². The average molecular weight is 300 g/mol. The first-order chi connectivity index (χ1) is 10.4. The van der Waals surface area contributed by atoms with E-state index in [-0.39, 0.29) is 11.9 Å². The molecule has 0 bridgehead atoms. The Balaban J connectivity index is 2.21. The lowest BCUT2D eigenvalue weighted by Gasteiger charge is -2.29. The minimum absolute atomic E-state index is 0.0863. The number of carbonyl (C=O) groups is 1. The second-order valence-corrected chi connectivity index (χ2v) is 5.94. The van der Waals surface area contributed by atoms with Gasteiger partial charge in [-0.2, -0.15) is 5.10 Å². The molecule has 0 fully saturated rings. The van der Waals surface area contributed by atoms with Crippen LogP contribution in [0.25, 0.3) is 0 Å². The summed E-state index contributed by atoms with van der Waals surface area (Å²) < 4.78 is 1.75. The van der Waals surface area contributed by atoms with E-state index in [2.05, 4.69) is 5.10 Å². The molecule has 1 aromatic carbocycles. The highest BCUT2D eigenvalue weighted by atomic mass is 16.2. The largest absolute Gasteiger partial charge is 0.340 e. The van der Waals surface area contributed by atoms with Gasteiger partial charge in [0.05, 0.1) is 6.20 Å². The second kappa shape index (κ2) is 6.75. The van der Waals surface area contributed by atoms with Crippen molar-refractivity contribution in [3.05, 3.63) is 53.3 Å². The summed E-state index contributed by atoms with van der Waals surface area (Å²) in [6, 6.07) is 7.77. The smallest absolute Gasteiger partial charge is 0.244 e. The van der Waals surface area contributed by atoms with E-state index in [0.717, 1.165) is 16.7 Å². The lowest BCUT2D eigenvalue weighted by atomic mass is 9.99. The number of nitrogens with zero attached hydrogens (tertiary/aromatic N) is 4. The normalized spacial score (nSPS) is 12.5. The van der Waals surface area contributed by atoms with Crippen LogP contribution in [0.5, 0.6) is 0 Å². The van der Waals surface area contributed by atoms with Gasteiger partial charge in [0.15, 0.2) is 0 Å². The number of amides is 1. The van der Waals surface area contributed by atoms with Crippen LogP contribution in [-0.4, -0.2) is 46.6 Å². The third-order valence-corrected chi connectivity index (χ3v) is 3.79. The summed E-state index contributed by atoms with van der Waals surface area (Å²) in [4.78, 5) is 16.6. The fourth-order valence-electron chi connectivity index (χ4n) is 2.64. The SMILES string of the molecule is Cc1ccccc1[C@@H](C(=O)N(C)Cc1cnn(C)c1)N(C)C. The molecule has 0 spiro atoms. The number of likely N-dealkylation sites (N-methyl/N-ethyl adjacent to an activating group) is 2. The molecule has 1 atom stereocenters. The summed E-state index contributed by atoms with van der Waals surface area (Å²) in [6.07, 6.45) is 3.73. The third-order valence-electron chi connectivity index (χ3n) is 3.79. The van der Waals surface area contributed by atoms with Crippen molar-refractivity contribution in [2.45, 2.75) is 19.5 Å². The minimum atomic E-state index is -0.275. The molecule has 0 radical (unpaired) electrons. The number of aryl methyl sites for hydroxylation is 2. The summed E-state index contributed by atoms with van der Waals surface area (Å²) in [6.45, 7) is 2.60. The lowest BCUT2D eigenvalue weighted by molar-refractivity contribution is -0.135. The summed E-state index contributed by atoms with van der Waals surface area (Å²) in [5, 5.41) is 4.15. The Morgan fingerprint density at radius 1 is 1.27 bits per heavy atom. The van der Waals surface area contributed by atoms with Gasteiger partial charge in [0.2, 0.25) is 5.91 Å². The van der Waals surface area contributed by atoms with Crippen LogP contribution in [0.2, 0.25) is 0 Å². The summed E-state index contributed by atoms with van der Waals surface area (Å²) >= 11 is 0. The number of benzene rings is 1. The molecule has 0 aliphatic heterocycles. The van der Waals surface area contributed by atoms with Gasteiger partial charge < -0.3 is 4.90 Å². The van der Waals surface area contributed by atoms with E-state index in [0.29, 0.717) is 6.54 Å². The van der Waals surface area contributed by atoms with Gasteiger partial charge >= 0.3 is 0 Å². The van der Waals surface area contributed by atoms with Crippen molar-refractivity contribution >= 4 is 5.91 Å². The van der Waals surface area contributed by atoms with Crippen LogP contribution < -0.4 is 0 Å². The monoisotopic (exact) mass is 300 g/mol. The zero-order chi connectivity index (χ0) is 16.3. The molecule has 0 aliphatic carbocycles. The summed E-state index contributed by atoms with van der Waals surface area (Å²) in [7, 11) is 7.59. The van der Waals surface area contributed by atoms with Crippen LogP contribution >= 0.6 is 0 Å². The van der Waals surface area contributed by atoms with Gasteiger partial charge in [-0.05, 0) is 32.1 Å². The fraction of sp³-hybridized carbons (Fsp3) is 0.412. The Bertz CT molecular complexity index is 648. The number of hydrogen-bond donors (Lipinski definition) is 0. The minimum Gasteiger partial charge on any atom is -0.340 e. The van der Waals surface area contributed by atoms with Crippen LogP contribution in [0.15, 0.2) is 36.7 Å². The zero-order valence-corrected chi connectivity index (χ0v) is 13.9. The maximum atomic E-state index is 12.9. The number of hydrogen-bond acceptors (Lipinski definition) is 3. The van der Waals surface area contributed by atoms with Crippen LogP contribution in [0.1, 0.15) is 22.7 Å². The Morgan fingerprint density at radius 2 is 1.95 bits per heavy atom. The summed E-state index contributed by atoms with van der Waals surface area (Å²) in [5.41, 5.74) is 3.21. The molecule has 0 saturated carbocycles. The first-order valence-electron chi connectivity index (χ1n) is 7.34. The van der Waals surface area contributed by atoms with Crippen molar-refractivity contribution in [3.8, 4) is 0 Å². The molecule has 22 heavy (non-hydrogen) atoms. The molecular formula is C17H24N4O. The first-order valence-corrected chi connectivity index (χ1v) is 7.34.